The summed E-state index contributed by atoms with van der Waals surface area (Å²) in [5.74, 6) is -0.433. The highest BCUT2D eigenvalue weighted by Crippen LogP contribution is 2.33. The smallest absolute Gasteiger partial charge is 0.387 e. The van der Waals surface area contributed by atoms with Gasteiger partial charge in [-0.2, -0.15) is 8.78 Å². The summed E-state index contributed by atoms with van der Waals surface area (Å²) in [4.78, 5) is 11.9. The lowest BCUT2D eigenvalue weighted by molar-refractivity contribution is -0.111. The van der Waals surface area contributed by atoms with Gasteiger partial charge in [0.15, 0.2) is 11.5 Å². The van der Waals surface area contributed by atoms with Gasteiger partial charge in [-0.15, -0.1) is 0 Å². The molecule has 0 fully saturated rings. The highest BCUT2D eigenvalue weighted by molar-refractivity contribution is 6.30. The molecule has 2 aromatic carbocycles. The minimum Gasteiger partial charge on any atom is -0.493 e. The van der Waals surface area contributed by atoms with Crippen molar-refractivity contribution in [1.29, 1.82) is 0 Å². The second kappa shape index (κ2) is 8.31. The number of methoxy groups -OCH3 is 1. The molecule has 1 N–H and O–H groups in total. The molecule has 0 unspecified atom stereocenters. The number of rotatable bonds is 6. The van der Waals surface area contributed by atoms with Crippen molar-refractivity contribution in [3.05, 3.63) is 59.1 Å². The molecular formula is C17H14ClF2NO3. The maximum atomic E-state index is 12.5. The molecule has 0 spiro atoms. The van der Waals surface area contributed by atoms with Gasteiger partial charge in [-0.05, 0) is 30.3 Å². The number of halogens is 3. The summed E-state index contributed by atoms with van der Waals surface area (Å²) in [6.45, 7) is -3.01. The van der Waals surface area contributed by atoms with E-state index in [9.17, 15) is 13.6 Å². The molecular weight excluding hydrogens is 340 g/mol. The van der Waals surface area contributed by atoms with Crippen LogP contribution >= 0.6 is 11.6 Å². The first-order chi connectivity index (χ1) is 11.5. The lowest BCUT2D eigenvalue weighted by Gasteiger charge is -2.12. The van der Waals surface area contributed by atoms with Crippen molar-refractivity contribution in [2.24, 2.45) is 0 Å². The molecule has 0 saturated carbocycles. The molecule has 0 radical (unpaired) electrons. The Labute approximate surface area is 142 Å². The predicted octanol–water partition coefficient (Wildman–Crippen LogP) is 4.60. The first kappa shape index (κ1) is 17.7. The second-order valence-electron chi connectivity index (χ2n) is 4.59. The van der Waals surface area contributed by atoms with Crippen molar-refractivity contribution in [1.82, 2.24) is 0 Å². The van der Waals surface area contributed by atoms with E-state index in [-0.39, 0.29) is 17.1 Å². The Morgan fingerprint density at radius 1 is 1.25 bits per heavy atom. The van der Waals surface area contributed by atoms with E-state index in [0.717, 1.165) is 0 Å². The minimum absolute atomic E-state index is 0.137. The van der Waals surface area contributed by atoms with E-state index >= 15 is 0 Å². The summed E-state index contributed by atoms with van der Waals surface area (Å²) in [5, 5.41) is 3.09. The molecule has 0 saturated heterocycles. The van der Waals surface area contributed by atoms with Gasteiger partial charge < -0.3 is 14.8 Å². The van der Waals surface area contributed by atoms with Crippen molar-refractivity contribution in [3.8, 4) is 11.5 Å². The number of nitrogens with one attached hydrogen (secondary N) is 1. The Morgan fingerprint density at radius 3 is 2.67 bits per heavy atom. The number of ether oxygens (including phenoxy) is 2. The first-order valence-corrected chi connectivity index (χ1v) is 7.24. The summed E-state index contributed by atoms with van der Waals surface area (Å²) in [6, 6.07) is 11.3. The highest BCUT2D eigenvalue weighted by Gasteiger charge is 2.14. The van der Waals surface area contributed by atoms with Crippen LogP contribution in [0.4, 0.5) is 14.5 Å². The zero-order chi connectivity index (χ0) is 17.5. The third-order valence-electron chi connectivity index (χ3n) is 2.94. The Morgan fingerprint density at radius 2 is 2.00 bits per heavy atom. The van der Waals surface area contributed by atoms with Gasteiger partial charge in [0.05, 0.1) is 7.11 Å². The number of hydrogen-bond acceptors (Lipinski definition) is 3. The first-order valence-electron chi connectivity index (χ1n) is 6.86. The molecule has 0 atom stereocenters. The molecule has 2 aromatic rings. The molecule has 7 heteroatoms. The Balaban J connectivity index is 2.17. The third kappa shape index (κ3) is 4.96. The van der Waals surface area contributed by atoms with Crippen LogP contribution in [0, 0.1) is 0 Å². The van der Waals surface area contributed by atoms with Gasteiger partial charge in [0.1, 0.15) is 0 Å². The molecule has 0 heterocycles. The molecule has 0 aliphatic carbocycles. The Kier molecular flexibility index (Phi) is 6.14. The van der Waals surface area contributed by atoms with Crippen molar-refractivity contribution in [3.63, 3.8) is 0 Å². The molecule has 0 bridgehead atoms. The van der Waals surface area contributed by atoms with Gasteiger partial charge in [-0.3, -0.25) is 4.79 Å². The van der Waals surface area contributed by atoms with Gasteiger partial charge in [0.25, 0.3) is 0 Å². The van der Waals surface area contributed by atoms with Gasteiger partial charge in [0, 0.05) is 22.3 Å². The minimum atomic E-state index is -3.01. The zero-order valence-electron chi connectivity index (χ0n) is 12.6. The van der Waals surface area contributed by atoms with Crippen LogP contribution in [-0.4, -0.2) is 19.6 Å². The topological polar surface area (TPSA) is 47.6 Å². The molecule has 4 nitrogen and oxygen atoms in total. The van der Waals surface area contributed by atoms with E-state index in [0.29, 0.717) is 10.7 Å². The predicted molar refractivity (Wildman–Crippen MR) is 88.7 cm³/mol. The molecule has 0 aliphatic rings. The maximum absolute atomic E-state index is 12.5. The van der Waals surface area contributed by atoms with Crippen LogP contribution in [-0.2, 0) is 4.79 Å². The number of carbonyl (C=O) groups excluding carboxylic acids is 1. The molecule has 126 valence electrons. The van der Waals surface area contributed by atoms with Crippen molar-refractivity contribution in [2.75, 3.05) is 12.4 Å². The van der Waals surface area contributed by atoms with Crippen LogP contribution in [0.15, 0.2) is 48.5 Å². The largest absolute Gasteiger partial charge is 0.493 e. The Bertz CT molecular complexity index is 750. The summed E-state index contributed by atoms with van der Waals surface area (Å²) < 4.78 is 34.6. The van der Waals surface area contributed by atoms with Gasteiger partial charge in [-0.1, -0.05) is 29.8 Å². The van der Waals surface area contributed by atoms with E-state index in [1.165, 1.54) is 31.4 Å². The number of hydrogen-bond donors (Lipinski definition) is 1. The van der Waals surface area contributed by atoms with Crippen molar-refractivity contribution < 1.29 is 23.0 Å². The van der Waals surface area contributed by atoms with E-state index in [2.05, 4.69) is 10.1 Å². The van der Waals surface area contributed by atoms with Crippen LogP contribution in [0.3, 0.4) is 0 Å². The summed E-state index contributed by atoms with van der Waals surface area (Å²) in [7, 11) is 1.34. The lowest BCUT2D eigenvalue weighted by atomic mass is 10.1. The SMILES string of the molecule is COc1cccc(/C=C/C(=O)Nc2cccc(Cl)c2)c1OC(F)F. The fraction of sp³-hybridized carbons (Fsp3) is 0.118. The quantitative estimate of drug-likeness (QED) is 0.772. The second-order valence-corrected chi connectivity index (χ2v) is 5.03. The number of alkyl halides is 2. The lowest BCUT2D eigenvalue weighted by Crippen LogP contribution is -2.08. The van der Waals surface area contributed by atoms with Gasteiger partial charge >= 0.3 is 6.61 Å². The van der Waals surface area contributed by atoms with Crippen molar-refractivity contribution >= 4 is 29.3 Å². The molecule has 2 rings (SSSR count). The average molecular weight is 354 g/mol. The normalized spacial score (nSPS) is 10.9. The standard InChI is InChI=1S/C17H14ClF2NO3/c1-23-14-7-2-4-11(16(14)24-17(19)20)8-9-15(22)21-13-6-3-5-12(18)10-13/h2-10,17H,1H3,(H,21,22)/b9-8+. The fourth-order valence-corrected chi connectivity index (χ4v) is 2.15. The zero-order valence-corrected chi connectivity index (χ0v) is 13.4. The monoisotopic (exact) mass is 353 g/mol. The fourth-order valence-electron chi connectivity index (χ4n) is 1.96. The highest BCUT2D eigenvalue weighted by atomic mass is 35.5. The Hall–Kier alpha value is -2.60. The summed E-state index contributed by atoms with van der Waals surface area (Å²) >= 11 is 5.83. The molecule has 0 aliphatic heterocycles. The van der Waals surface area contributed by atoms with Crippen LogP contribution in [0.25, 0.3) is 6.08 Å². The van der Waals surface area contributed by atoms with E-state index in [1.54, 1.807) is 30.3 Å². The number of anilines is 1. The van der Waals surface area contributed by atoms with Crippen LogP contribution < -0.4 is 14.8 Å². The number of carbonyl (C=O) groups is 1. The maximum Gasteiger partial charge on any atom is 0.387 e. The molecule has 1 amide bonds. The summed E-state index contributed by atoms with van der Waals surface area (Å²) in [5.41, 5.74) is 0.808. The van der Waals surface area contributed by atoms with Crippen molar-refractivity contribution in [2.45, 2.75) is 6.61 Å². The summed E-state index contributed by atoms with van der Waals surface area (Å²) in [6.07, 6.45) is 2.56. The van der Waals surface area contributed by atoms with E-state index in [1.807, 2.05) is 0 Å². The van der Waals surface area contributed by atoms with Crippen LogP contribution in [0.5, 0.6) is 11.5 Å². The van der Waals surface area contributed by atoms with Gasteiger partial charge in [-0.25, -0.2) is 0 Å². The van der Waals surface area contributed by atoms with Crippen LogP contribution in [0.2, 0.25) is 5.02 Å². The average Bonchev–Trinajstić information content (AvgIpc) is 2.53. The number of benzene rings is 2. The van der Waals surface area contributed by atoms with Crippen LogP contribution in [0.1, 0.15) is 5.56 Å². The number of amides is 1. The number of para-hydroxylation sites is 1. The van der Waals surface area contributed by atoms with E-state index in [4.69, 9.17) is 16.3 Å². The third-order valence-corrected chi connectivity index (χ3v) is 3.18. The van der Waals surface area contributed by atoms with Gasteiger partial charge in [0.2, 0.25) is 5.91 Å². The van der Waals surface area contributed by atoms with E-state index < -0.39 is 12.5 Å². The molecule has 0 aromatic heterocycles. The molecule has 24 heavy (non-hydrogen) atoms.